The number of aryl methyl sites for hydroxylation is 1. The van der Waals surface area contributed by atoms with E-state index in [-0.39, 0.29) is 0 Å². The van der Waals surface area contributed by atoms with E-state index < -0.39 is 0 Å². The van der Waals surface area contributed by atoms with Crippen LogP contribution in [0.3, 0.4) is 0 Å². The third-order valence-corrected chi connectivity index (χ3v) is 4.60. The Morgan fingerprint density at radius 2 is 2.00 bits per heavy atom. The lowest BCUT2D eigenvalue weighted by atomic mass is 10.0. The average Bonchev–Trinajstić information content (AvgIpc) is 2.77. The fourth-order valence-electron chi connectivity index (χ4n) is 2.40. The maximum atomic E-state index is 5.82. The van der Waals surface area contributed by atoms with E-state index in [9.17, 15) is 0 Å². The SMILES string of the molecule is CCOc1ccc2ccccc2c1-c1sc(=S)[nH]c1C. The Morgan fingerprint density at radius 3 is 2.70 bits per heavy atom. The van der Waals surface area contributed by atoms with E-state index in [1.807, 2.05) is 13.0 Å². The molecule has 0 spiro atoms. The lowest BCUT2D eigenvalue weighted by Gasteiger charge is -2.12. The van der Waals surface area contributed by atoms with Crippen LogP contribution in [0.2, 0.25) is 0 Å². The highest BCUT2D eigenvalue weighted by molar-refractivity contribution is 7.73. The minimum absolute atomic E-state index is 0.653. The zero-order valence-electron chi connectivity index (χ0n) is 11.4. The molecule has 4 heteroatoms. The average molecular weight is 301 g/mol. The second kappa shape index (κ2) is 5.38. The Bertz CT molecular complexity index is 817. The monoisotopic (exact) mass is 301 g/mol. The second-order valence-corrected chi connectivity index (χ2v) is 6.25. The highest BCUT2D eigenvalue weighted by Gasteiger charge is 2.15. The Morgan fingerprint density at radius 1 is 1.20 bits per heavy atom. The summed E-state index contributed by atoms with van der Waals surface area (Å²) in [4.78, 5) is 4.38. The summed E-state index contributed by atoms with van der Waals surface area (Å²) in [6.45, 7) is 4.71. The maximum Gasteiger partial charge on any atom is 0.159 e. The predicted octanol–water partition coefficient (Wildman–Crippen LogP) is 5.33. The zero-order chi connectivity index (χ0) is 14.1. The first-order valence-corrected chi connectivity index (χ1v) is 7.78. The zero-order valence-corrected chi connectivity index (χ0v) is 13.0. The Labute approximate surface area is 127 Å². The van der Waals surface area contributed by atoms with Gasteiger partial charge in [-0.15, -0.1) is 11.3 Å². The van der Waals surface area contributed by atoms with E-state index >= 15 is 0 Å². The van der Waals surface area contributed by atoms with Crippen molar-refractivity contribution in [2.45, 2.75) is 13.8 Å². The van der Waals surface area contributed by atoms with Crippen molar-refractivity contribution in [1.29, 1.82) is 0 Å². The van der Waals surface area contributed by atoms with Crippen LogP contribution in [0.1, 0.15) is 12.6 Å². The summed E-state index contributed by atoms with van der Waals surface area (Å²) >= 11 is 6.87. The van der Waals surface area contributed by atoms with Gasteiger partial charge in [-0.1, -0.05) is 30.3 Å². The van der Waals surface area contributed by atoms with Gasteiger partial charge >= 0.3 is 0 Å². The van der Waals surface area contributed by atoms with Gasteiger partial charge in [-0.2, -0.15) is 0 Å². The van der Waals surface area contributed by atoms with E-state index in [0.717, 1.165) is 25.8 Å². The molecular formula is C16H15NOS2. The lowest BCUT2D eigenvalue weighted by molar-refractivity contribution is 0.342. The Balaban J connectivity index is 2.38. The molecule has 0 saturated heterocycles. The molecule has 3 rings (SSSR count). The number of benzene rings is 2. The van der Waals surface area contributed by atoms with Gasteiger partial charge in [0.05, 0.1) is 11.5 Å². The summed E-state index contributed by atoms with van der Waals surface area (Å²) in [5, 5.41) is 2.41. The van der Waals surface area contributed by atoms with Crippen molar-refractivity contribution in [2.75, 3.05) is 6.61 Å². The molecule has 0 aliphatic carbocycles. The number of thiazole rings is 1. The van der Waals surface area contributed by atoms with Gasteiger partial charge < -0.3 is 9.72 Å². The first kappa shape index (κ1) is 13.3. The molecule has 0 unspecified atom stereocenters. The number of aromatic amines is 1. The van der Waals surface area contributed by atoms with Gasteiger partial charge in [0.25, 0.3) is 0 Å². The molecule has 0 atom stereocenters. The van der Waals surface area contributed by atoms with Gasteiger partial charge in [0.15, 0.2) is 3.95 Å². The maximum absolute atomic E-state index is 5.82. The van der Waals surface area contributed by atoms with Gasteiger partial charge in [-0.25, -0.2) is 0 Å². The third kappa shape index (κ3) is 2.25. The van der Waals surface area contributed by atoms with Crippen LogP contribution in [0.15, 0.2) is 36.4 Å². The predicted molar refractivity (Wildman–Crippen MR) is 88.4 cm³/mol. The molecule has 0 radical (unpaired) electrons. The minimum Gasteiger partial charge on any atom is -0.493 e. The van der Waals surface area contributed by atoms with E-state index in [1.54, 1.807) is 11.3 Å². The summed E-state index contributed by atoms with van der Waals surface area (Å²) < 4.78 is 6.62. The van der Waals surface area contributed by atoms with Gasteiger partial charge in [0, 0.05) is 11.3 Å². The molecule has 0 aliphatic heterocycles. The van der Waals surface area contributed by atoms with Crippen molar-refractivity contribution in [2.24, 2.45) is 0 Å². The molecule has 1 heterocycles. The summed E-state index contributed by atoms with van der Waals surface area (Å²) in [6.07, 6.45) is 0. The van der Waals surface area contributed by atoms with E-state index in [0.29, 0.717) is 6.61 Å². The number of ether oxygens (including phenoxy) is 1. The van der Waals surface area contributed by atoms with Crippen molar-refractivity contribution in [3.8, 4) is 16.2 Å². The van der Waals surface area contributed by atoms with Crippen molar-refractivity contribution in [3.05, 3.63) is 46.0 Å². The molecule has 0 amide bonds. The normalized spacial score (nSPS) is 10.9. The third-order valence-electron chi connectivity index (χ3n) is 3.24. The fraction of sp³-hybridized carbons (Fsp3) is 0.188. The van der Waals surface area contributed by atoms with Crippen LogP contribution in [0.5, 0.6) is 5.75 Å². The Kier molecular flexibility index (Phi) is 3.59. The highest BCUT2D eigenvalue weighted by atomic mass is 32.1. The molecule has 1 N–H and O–H groups in total. The van der Waals surface area contributed by atoms with Gasteiger partial charge in [-0.3, -0.25) is 0 Å². The number of aromatic nitrogens is 1. The van der Waals surface area contributed by atoms with E-state index in [2.05, 4.69) is 42.2 Å². The minimum atomic E-state index is 0.653. The smallest absolute Gasteiger partial charge is 0.159 e. The quantitative estimate of drug-likeness (QED) is 0.661. The first-order chi connectivity index (χ1) is 9.70. The highest BCUT2D eigenvalue weighted by Crippen LogP contribution is 2.40. The molecule has 20 heavy (non-hydrogen) atoms. The number of H-pyrrole nitrogens is 1. The molecule has 0 bridgehead atoms. The fourth-order valence-corrected chi connectivity index (χ4v) is 3.71. The molecular weight excluding hydrogens is 286 g/mol. The molecule has 0 fully saturated rings. The van der Waals surface area contributed by atoms with Crippen LogP contribution < -0.4 is 4.74 Å². The summed E-state index contributed by atoms with van der Waals surface area (Å²) in [5.74, 6) is 0.916. The molecule has 2 aromatic carbocycles. The van der Waals surface area contributed by atoms with Crippen LogP contribution in [-0.4, -0.2) is 11.6 Å². The summed E-state index contributed by atoms with van der Waals surface area (Å²) in [6, 6.07) is 12.5. The van der Waals surface area contributed by atoms with Crippen molar-refractivity contribution >= 4 is 34.3 Å². The summed E-state index contributed by atoms with van der Waals surface area (Å²) in [7, 11) is 0. The Hall–Kier alpha value is -1.65. The van der Waals surface area contributed by atoms with Gasteiger partial charge in [0.1, 0.15) is 5.75 Å². The molecule has 1 aromatic heterocycles. The van der Waals surface area contributed by atoms with Crippen molar-refractivity contribution < 1.29 is 4.74 Å². The van der Waals surface area contributed by atoms with Crippen LogP contribution in [0.25, 0.3) is 21.2 Å². The van der Waals surface area contributed by atoms with Crippen LogP contribution in [0, 0.1) is 10.9 Å². The van der Waals surface area contributed by atoms with Crippen LogP contribution >= 0.6 is 23.6 Å². The standard InChI is InChI=1S/C16H15NOS2/c1-3-18-13-9-8-11-6-4-5-7-12(11)14(13)15-10(2)17-16(19)20-15/h4-9H,3H2,1-2H3,(H,17,19). The number of hydrogen-bond acceptors (Lipinski definition) is 3. The van der Waals surface area contributed by atoms with Crippen LogP contribution in [0.4, 0.5) is 0 Å². The number of fused-ring (bicyclic) bond motifs is 1. The van der Waals surface area contributed by atoms with Gasteiger partial charge in [-0.05, 0) is 42.9 Å². The summed E-state index contributed by atoms with van der Waals surface area (Å²) in [5.41, 5.74) is 2.23. The molecule has 3 aromatic rings. The van der Waals surface area contributed by atoms with Crippen molar-refractivity contribution in [3.63, 3.8) is 0 Å². The van der Waals surface area contributed by atoms with Crippen LogP contribution in [-0.2, 0) is 0 Å². The largest absolute Gasteiger partial charge is 0.493 e. The second-order valence-electron chi connectivity index (χ2n) is 4.56. The van der Waals surface area contributed by atoms with E-state index in [1.165, 1.54) is 10.8 Å². The molecule has 0 aliphatic rings. The molecule has 0 saturated carbocycles. The topological polar surface area (TPSA) is 25.0 Å². The van der Waals surface area contributed by atoms with Gasteiger partial charge in [0.2, 0.25) is 0 Å². The molecule has 2 nitrogen and oxygen atoms in total. The first-order valence-electron chi connectivity index (χ1n) is 6.55. The lowest BCUT2D eigenvalue weighted by Crippen LogP contribution is -1.95. The number of hydrogen-bond donors (Lipinski definition) is 1. The number of nitrogens with one attached hydrogen (secondary N) is 1. The van der Waals surface area contributed by atoms with Crippen molar-refractivity contribution in [1.82, 2.24) is 4.98 Å². The van der Waals surface area contributed by atoms with E-state index in [4.69, 9.17) is 17.0 Å². The number of rotatable bonds is 3. The molecule has 102 valence electrons.